The van der Waals surface area contributed by atoms with Gasteiger partial charge in [0.1, 0.15) is 5.82 Å². The van der Waals surface area contributed by atoms with Gasteiger partial charge >= 0.3 is 0 Å². The highest BCUT2D eigenvalue weighted by atomic mass is 15.2. The van der Waals surface area contributed by atoms with Crippen LogP contribution in [0.15, 0.2) is 24.5 Å². The van der Waals surface area contributed by atoms with Crippen molar-refractivity contribution < 1.29 is 0 Å². The summed E-state index contributed by atoms with van der Waals surface area (Å²) in [5.74, 6) is 0.898. The molecule has 0 fully saturated rings. The highest BCUT2D eigenvalue weighted by Gasteiger charge is 2.02. The fourth-order valence-electron chi connectivity index (χ4n) is 1.53. The van der Waals surface area contributed by atoms with Crippen molar-refractivity contribution in [1.29, 1.82) is 0 Å². The Hall–Kier alpha value is -1.62. The molecule has 0 saturated heterocycles. The van der Waals surface area contributed by atoms with Crippen molar-refractivity contribution in [3.05, 3.63) is 24.5 Å². The molecule has 2 aromatic heterocycles. The number of nitrogens with one attached hydrogen (secondary N) is 1. The van der Waals surface area contributed by atoms with E-state index in [1.807, 2.05) is 18.3 Å². The van der Waals surface area contributed by atoms with Gasteiger partial charge in [-0.25, -0.2) is 9.50 Å². The molecule has 0 spiro atoms. The van der Waals surface area contributed by atoms with Crippen LogP contribution in [0.2, 0.25) is 0 Å². The fourth-order valence-corrected chi connectivity index (χ4v) is 1.53. The predicted octanol–water partition coefficient (Wildman–Crippen LogP) is 1.48. The third-order valence-corrected chi connectivity index (χ3v) is 2.91. The molecular formula is C12H19N5. The van der Waals surface area contributed by atoms with Crippen molar-refractivity contribution in [2.24, 2.45) is 0 Å². The maximum absolute atomic E-state index is 4.45. The lowest BCUT2D eigenvalue weighted by atomic mass is 10.3. The highest BCUT2D eigenvalue weighted by Crippen LogP contribution is 2.05. The molecular weight excluding hydrogens is 214 g/mol. The molecule has 0 bridgehead atoms. The summed E-state index contributed by atoms with van der Waals surface area (Å²) in [6.45, 7) is 6.28. The summed E-state index contributed by atoms with van der Waals surface area (Å²) in [7, 11) is 2.12. The molecule has 2 aromatic rings. The molecule has 5 heteroatoms. The van der Waals surface area contributed by atoms with Crippen LogP contribution in [-0.4, -0.2) is 45.7 Å². The number of rotatable bonds is 5. The Morgan fingerprint density at radius 1 is 1.41 bits per heavy atom. The van der Waals surface area contributed by atoms with E-state index in [0.29, 0.717) is 6.04 Å². The van der Waals surface area contributed by atoms with Crippen LogP contribution in [0.1, 0.15) is 13.8 Å². The van der Waals surface area contributed by atoms with Crippen LogP contribution in [0, 0.1) is 0 Å². The van der Waals surface area contributed by atoms with E-state index in [9.17, 15) is 0 Å². The Morgan fingerprint density at radius 2 is 2.24 bits per heavy atom. The van der Waals surface area contributed by atoms with Gasteiger partial charge in [-0.1, -0.05) is 0 Å². The summed E-state index contributed by atoms with van der Waals surface area (Å²) >= 11 is 0. The summed E-state index contributed by atoms with van der Waals surface area (Å²) in [6.07, 6.45) is 3.66. The van der Waals surface area contributed by atoms with Gasteiger partial charge in [0, 0.05) is 31.4 Å². The van der Waals surface area contributed by atoms with Crippen LogP contribution >= 0.6 is 0 Å². The van der Waals surface area contributed by atoms with E-state index in [-0.39, 0.29) is 0 Å². The summed E-state index contributed by atoms with van der Waals surface area (Å²) in [5.41, 5.74) is 0.868. The summed E-state index contributed by atoms with van der Waals surface area (Å²) in [6, 6.07) is 4.41. The molecule has 0 aliphatic rings. The maximum Gasteiger partial charge on any atom is 0.157 e. The van der Waals surface area contributed by atoms with Crippen LogP contribution in [0.25, 0.3) is 5.65 Å². The molecule has 0 unspecified atom stereocenters. The van der Waals surface area contributed by atoms with Crippen molar-refractivity contribution in [2.45, 2.75) is 19.9 Å². The monoisotopic (exact) mass is 233 g/mol. The minimum Gasteiger partial charge on any atom is -0.369 e. The van der Waals surface area contributed by atoms with Gasteiger partial charge in [0.25, 0.3) is 0 Å². The Kier molecular flexibility index (Phi) is 3.58. The van der Waals surface area contributed by atoms with Crippen molar-refractivity contribution in [3.63, 3.8) is 0 Å². The van der Waals surface area contributed by atoms with Gasteiger partial charge in [-0.15, -0.1) is 0 Å². The molecule has 17 heavy (non-hydrogen) atoms. The number of hydrogen-bond acceptors (Lipinski definition) is 4. The Bertz CT molecular complexity index is 476. The zero-order chi connectivity index (χ0) is 12.3. The summed E-state index contributed by atoms with van der Waals surface area (Å²) < 4.78 is 1.76. The molecule has 0 aliphatic heterocycles. The Balaban J connectivity index is 1.90. The molecule has 0 saturated carbocycles. The molecule has 5 nitrogen and oxygen atoms in total. The fraction of sp³-hybridized carbons (Fsp3) is 0.500. The summed E-state index contributed by atoms with van der Waals surface area (Å²) in [5, 5.41) is 7.43. The first kappa shape index (κ1) is 11.9. The van der Waals surface area contributed by atoms with E-state index in [0.717, 1.165) is 24.6 Å². The first-order valence-corrected chi connectivity index (χ1v) is 5.91. The van der Waals surface area contributed by atoms with Crippen LogP contribution < -0.4 is 5.32 Å². The van der Waals surface area contributed by atoms with Gasteiger partial charge < -0.3 is 10.2 Å². The number of likely N-dealkylation sites (N-methyl/N-ethyl adjacent to an activating group) is 1. The van der Waals surface area contributed by atoms with Gasteiger partial charge in [-0.05, 0) is 27.0 Å². The van der Waals surface area contributed by atoms with Gasteiger partial charge in [0.15, 0.2) is 5.65 Å². The first-order chi connectivity index (χ1) is 8.16. The van der Waals surface area contributed by atoms with Crippen LogP contribution in [0.3, 0.4) is 0 Å². The lowest BCUT2D eigenvalue weighted by molar-refractivity contribution is 0.284. The van der Waals surface area contributed by atoms with E-state index >= 15 is 0 Å². The van der Waals surface area contributed by atoms with E-state index in [1.54, 1.807) is 10.7 Å². The Morgan fingerprint density at radius 3 is 3.00 bits per heavy atom. The highest BCUT2D eigenvalue weighted by molar-refractivity contribution is 5.45. The van der Waals surface area contributed by atoms with Gasteiger partial charge in [-0.2, -0.15) is 5.10 Å². The molecule has 2 heterocycles. The molecule has 0 amide bonds. The smallest absolute Gasteiger partial charge is 0.157 e. The zero-order valence-corrected chi connectivity index (χ0v) is 10.6. The molecule has 0 radical (unpaired) electrons. The first-order valence-electron chi connectivity index (χ1n) is 5.91. The number of aromatic nitrogens is 3. The SMILES string of the molecule is CC(C)N(C)CCNc1ccn2nccc2n1. The predicted molar refractivity (Wildman–Crippen MR) is 69.2 cm³/mol. The second kappa shape index (κ2) is 5.14. The topological polar surface area (TPSA) is 45.5 Å². The van der Waals surface area contributed by atoms with E-state index < -0.39 is 0 Å². The minimum atomic E-state index is 0.571. The van der Waals surface area contributed by atoms with Gasteiger partial charge in [0.2, 0.25) is 0 Å². The van der Waals surface area contributed by atoms with Crippen molar-refractivity contribution >= 4 is 11.5 Å². The van der Waals surface area contributed by atoms with Crippen LogP contribution in [0.5, 0.6) is 0 Å². The second-order valence-corrected chi connectivity index (χ2v) is 4.45. The van der Waals surface area contributed by atoms with Crippen molar-refractivity contribution in [3.8, 4) is 0 Å². The average Bonchev–Trinajstić information content (AvgIpc) is 2.75. The maximum atomic E-state index is 4.45. The van der Waals surface area contributed by atoms with E-state index in [2.05, 4.69) is 41.2 Å². The molecule has 92 valence electrons. The average molecular weight is 233 g/mol. The molecule has 0 aliphatic carbocycles. The van der Waals surface area contributed by atoms with E-state index in [1.165, 1.54) is 0 Å². The Labute approximate surface area is 101 Å². The normalized spacial score (nSPS) is 11.6. The number of nitrogens with zero attached hydrogens (tertiary/aromatic N) is 4. The second-order valence-electron chi connectivity index (χ2n) is 4.45. The lowest BCUT2D eigenvalue weighted by Gasteiger charge is -2.20. The van der Waals surface area contributed by atoms with Gasteiger partial charge in [0.05, 0.1) is 6.20 Å². The third kappa shape index (κ3) is 2.94. The largest absolute Gasteiger partial charge is 0.369 e. The van der Waals surface area contributed by atoms with Gasteiger partial charge in [-0.3, -0.25) is 0 Å². The summed E-state index contributed by atoms with van der Waals surface area (Å²) in [4.78, 5) is 6.74. The van der Waals surface area contributed by atoms with Crippen molar-refractivity contribution in [2.75, 3.05) is 25.5 Å². The number of anilines is 1. The molecule has 0 aromatic carbocycles. The van der Waals surface area contributed by atoms with E-state index in [4.69, 9.17) is 0 Å². The standard InChI is InChI=1S/C12H19N5/c1-10(2)16(3)9-7-13-11-5-8-17-12(15-11)4-6-14-17/h4-6,8,10H,7,9H2,1-3H3,(H,13,15). The quantitative estimate of drug-likeness (QED) is 0.849. The van der Waals surface area contributed by atoms with Crippen molar-refractivity contribution in [1.82, 2.24) is 19.5 Å². The lowest BCUT2D eigenvalue weighted by Crippen LogP contribution is -2.31. The van der Waals surface area contributed by atoms with Crippen LogP contribution in [0.4, 0.5) is 5.82 Å². The minimum absolute atomic E-state index is 0.571. The third-order valence-electron chi connectivity index (χ3n) is 2.91. The number of fused-ring (bicyclic) bond motifs is 1. The molecule has 1 N–H and O–H groups in total. The molecule has 0 atom stereocenters. The molecule has 2 rings (SSSR count). The number of hydrogen-bond donors (Lipinski definition) is 1. The zero-order valence-electron chi connectivity index (χ0n) is 10.6. The van der Waals surface area contributed by atoms with Crippen LogP contribution in [-0.2, 0) is 0 Å².